The Morgan fingerprint density at radius 2 is 1.73 bits per heavy atom. The number of ether oxygens (including phenoxy) is 2. The highest BCUT2D eigenvalue weighted by Gasteiger charge is 2.09. The van der Waals surface area contributed by atoms with Gasteiger partial charge in [0.1, 0.15) is 6.61 Å². The van der Waals surface area contributed by atoms with Crippen molar-refractivity contribution in [2.24, 2.45) is 0 Å². The van der Waals surface area contributed by atoms with E-state index in [1.807, 2.05) is 6.92 Å². The van der Waals surface area contributed by atoms with E-state index in [-0.39, 0.29) is 31.4 Å². The number of esters is 2. The van der Waals surface area contributed by atoms with Crippen molar-refractivity contribution in [1.82, 2.24) is 0 Å². The van der Waals surface area contributed by atoms with E-state index in [0.717, 1.165) is 12.8 Å². The first kappa shape index (κ1) is 18.8. The van der Waals surface area contributed by atoms with Gasteiger partial charge in [-0.2, -0.15) is 0 Å². The minimum Gasteiger partial charge on any atom is -0.466 e. The summed E-state index contributed by atoms with van der Waals surface area (Å²) in [5, 5.41) is 0.987. The van der Waals surface area contributed by atoms with Gasteiger partial charge in [-0.1, -0.05) is 42.6 Å². The molecule has 122 valence electrons. The standard InChI is InChI=1S/C16H20Cl2O4/c1-2-3-9-21-15(19)5-4-6-16(20)22-11-12-7-8-13(17)10-14(12)18/h7-8,10H,2-6,9,11H2,1H3. The Bertz CT molecular complexity index is 503. The molecule has 0 radical (unpaired) electrons. The highest BCUT2D eigenvalue weighted by Crippen LogP contribution is 2.21. The van der Waals surface area contributed by atoms with Gasteiger partial charge in [0.2, 0.25) is 0 Å². The molecule has 0 heterocycles. The Hall–Kier alpha value is -1.26. The maximum absolute atomic E-state index is 11.6. The van der Waals surface area contributed by atoms with E-state index in [1.54, 1.807) is 18.2 Å². The van der Waals surface area contributed by atoms with E-state index >= 15 is 0 Å². The van der Waals surface area contributed by atoms with Crippen LogP contribution in [0.15, 0.2) is 18.2 Å². The van der Waals surface area contributed by atoms with Crippen LogP contribution in [0, 0.1) is 0 Å². The van der Waals surface area contributed by atoms with Gasteiger partial charge in [-0.05, 0) is 25.0 Å². The lowest BCUT2D eigenvalue weighted by Gasteiger charge is -2.07. The minimum absolute atomic E-state index is 0.0930. The van der Waals surface area contributed by atoms with Crippen molar-refractivity contribution < 1.29 is 19.1 Å². The third-order valence-electron chi connectivity index (χ3n) is 2.93. The van der Waals surface area contributed by atoms with Crippen LogP contribution < -0.4 is 0 Å². The number of rotatable bonds is 9. The lowest BCUT2D eigenvalue weighted by molar-refractivity contribution is -0.146. The number of unbranched alkanes of at least 4 members (excludes halogenated alkanes) is 1. The van der Waals surface area contributed by atoms with Crippen LogP contribution in [0.1, 0.15) is 44.6 Å². The normalized spacial score (nSPS) is 10.3. The molecule has 0 bridgehead atoms. The van der Waals surface area contributed by atoms with E-state index in [0.29, 0.717) is 28.6 Å². The fraction of sp³-hybridized carbons (Fsp3) is 0.500. The molecule has 1 aromatic carbocycles. The minimum atomic E-state index is -0.368. The summed E-state index contributed by atoms with van der Waals surface area (Å²) in [4.78, 5) is 22.9. The molecule has 6 heteroatoms. The fourth-order valence-electron chi connectivity index (χ4n) is 1.65. The Morgan fingerprint density at radius 1 is 1.05 bits per heavy atom. The van der Waals surface area contributed by atoms with Crippen LogP contribution >= 0.6 is 23.2 Å². The molecule has 0 amide bonds. The molecule has 1 rings (SSSR count). The van der Waals surface area contributed by atoms with E-state index in [2.05, 4.69) is 0 Å². The topological polar surface area (TPSA) is 52.6 Å². The monoisotopic (exact) mass is 346 g/mol. The van der Waals surface area contributed by atoms with Crippen LogP contribution in [0.2, 0.25) is 10.0 Å². The molecule has 0 aliphatic heterocycles. The van der Waals surface area contributed by atoms with Crippen LogP contribution in [0.3, 0.4) is 0 Å². The zero-order valence-electron chi connectivity index (χ0n) is 12.6. The second kappa shape index (κ2) is 10.5. The molecular formula is C16H20Cl2O4. The van der Waals surface area contributed by atoms with E-state index in [9.17, 15) is 9.59 Å². The molecule has 0 spiro atoms. The molecule has 1 aromatic rings. The van der Waals surface area contributed by atoms with Crippen molar-refractivity contribution in [1.29, 1.82) is 0 Å². The van der Waals surface area contributed by atoms with E-state index in [4.69, 9.17) is 32.7 Å². The third kappa shape index (κ3) is 7.66. The second-order valence-corrected chi connectivity index (χ2v) is 5.67. The molecule has 0 unspecified atom stereocenters. The van der Waals surface area contributed by atoms with Crippen molar-refractivity contribution >= 4 is 35.1 Å². The average Bonchev–Trinajstić information content (AvgIpc) is 2.46. The maximum Gasteiger partial charge on any atom is 0.306 e. The molecule has 0 fully saturated rings. The van der Waals surface area contributed by atoms with Gasteiger partial charge in [-0.3, -0.25) is 9.59 Å². The highest BCUT2D eigenvalue weighted by atomic mass is 35.5. The molecule has 4 nitrogen and oxygen atoms in total. The van der Waals surface area contributed by atoms with Gasteiger partial charge in [0.25, 0.3) is 0 Å². The molecular weight excluding hydrogens is 327 g/mol. The zero-order chi connectivity index (χ0) is 16.4. The number of benzene rings is 1. The lowest BCUT2D eigenvalue weighted by atomic mass is 10.2. The van der Waals surface area contributed by atoms with E-state index in [1.165, 1.54) is 0 Å². The first-order valence-corrected chi connectivity index (χ1v) is 8.03. The summed E-state index contributed by atoms with van der Waals surface area (Å²) >= 11 is 11.8. The van der Waals surface area contributed by atoms with Gasteiger partial charge >= 0.3 is 11.9 Å². The summed E-state index contributed by atoms with van der Waals surface area (Å²) in [6.07, 6.45) is 2.65. The Kier molecular flexibility index (Phi) is 8.94. The van der Waals surface area contributed by atoms with Crippen molar-refractivity contribution in [3.63, 3.8) is 0 Å². The Labute approximate surface area is 140 Å². The van der Waals surface area contributed by atoms with Crippen LogP contribution in [0.5, 0.6) is 0 Å². The van der Waals surface area contributed by atoms with Crippen LogP contribution in [-0.4, -0.2) is 18.5 Å². The number of carbonyl (C=O) groups is 2. The summed E-state index contributed by atoms with van der Waals surface area (Å²) in [5.41, 5.74) is 0.693. The maximum atomic E-state index is 11.6. The average molecular weight is 347 g/mol. The number of halogens is 2. The third-order valence-corrected chi connectivity index (χ3v) is 3.51. The van der Waals surface area contributed by atoms with Gasteiger partial charge in [0, 0.05) is 28.5 Å². The van der Waals surface area contributed by atoms with Gasteiger partial charge in [0.15, 0.2) is 0 Å². The fourth-order valence-corrected chi connectivity index (χ4v) is 2.11. The molecule has 22 heavy (non-hydrogen) atoms. The van der Waals surface area contributed by atoms with Crippen molar-refractivity contribution in [2.75, 3.05) is 6.61 Å². The summed E-state index contributed by atoms with van der Waals surface area (Å²) in [7, 11) is 0. The lowest BCUT2D eigenvalue weighted by Crippen LogP contribution is -2.08. The molecule has 0 aromatic heterocycles. The molecule has 0 saturated heterocycles. The molecule has 0 atom stereocenters. The van der Waals surface area contributed by atoms with Crippen LogP contribution in [0.4, 0.5) is 0 Å². The smallest absolute Gasteiger partial charge is 0.306 e. The Balaban J connectivity index is 2.19. The first-order chi connectivity index (χ1) is 10.5. The van der Waals surface area contributed by atoms with Crippen molar-refractivity contribution in [3.8, 4) is 0 Å². The zero-order valence-corrected chi connectivity index (χ0v) is 14.1. The predicted molar refractivity (Wildman–Crippen MR) is 86.0 cm³/mol. The molecule has 0 aliphatic rings. The summed E-state index contributed by atoms with van der Waals surface area (Å²) < 4.78 is 10.1. The van der Waals surface area contributed by atoms with Crippen LogP contribution in [-0.2, 0) is 25.7 Å². The Morgan fingerprint density at radius 3 is 2.36 bits per heavy atom. The molecule has 0 saturated carbocycles. The predicted octanol–water partition coefficient (Wildman–Crippen LogP) is 4.55. The van der Waals surface area contributed by atoms with Gasteiger partial charge in [-0.15, -0.1) is 0 Å². The summed E-state index contributed by atoms with van der Waals surface area (Å²) in [6, 6.07) is 4.99. The second-order valence-electron chi connectivity index (χ2n) is 4.82. The number of hydrogen-bond acceptors (Lipinski definition) is 4. The number of carbonyl (C=O) groups excluding carboxylic acids is 2. The van der Waals surface area contributed by atoms with Crippen LogP contribution in [0.25, 0.3) is 0 Å². The van der Waals surface area contributed by atoms with Gasteiger partial charge in [-0.25, -0.2) is 0 Å². The summed E-state index contributed by atoms with van der Waals surface area (Å²) in [5.74, 6) is -0.644. The van der Waals surface area contributed by atoms with E-state index < -0.39 is 0 Å². The quantitative estimate of drug-likeness (QED) is 0.486. The van der Waals surface area contributed by atoms with Gasteiger partial charge in [0.05, 0.1) is 6.61 Å². The largest absolute Gasteiger partial charge is 0.466 e. The first-order valence-electron chi connectivity index (χ1n) is 7.28. The summed E-state index contributed by atoms with van der Waals surface area (Å²) in [6.45, 7) is 2.56. The van der Waals surface area contributed by atoms with Crippen molar-refractivity contribution in [2.45, 2.75) is 45.6 Å². The van der Waals surface area contributed by atoms with Crippen molar-refractivity contribution in [3.05, 3.63) is 33.8 Å². The highest BCUT2D eigenvalue weighted by molar-refractivity contribution is 6.35. The SMILES string of the molecule is CCCCOC(=O)CCCC(=O)OCc1ccc(Cl)cc1Cl. The molecule has 0 aliphatic carbocycles. The van der Waals surface area contributed by atoms with Gasteiger partial charge < -0.3 is 9.47 Å². The number of hydrogen-bond donors (Lipinski definition) is 0. The molecule has 0 N–H and O–H groups in total.